The third-order valence-electron chi connectivity index (χ3n) is 4.43. The van der Waals surface area contributed by atoms with Gasteiger partial charge in [-0.15, -0.1) is 0 Å². The summed E-state index contributed by atoms with van der Waals surface area (Å²) in [5.74, 6) is 0.328. The molecule has 0 unspecified atom stereocenters. The molecular formula is C22H28O5. The number of hydrogen-bond acceptors (Lipinski definition) is 5. The van der Waals surface area contributed by atoms with Crippen molar-refractivity contribution >= 4 is 5.97 Å². The van der Waals surface area contributed by atoms with E-state index in [0.717, 1.165) is 41.5 Å². The fourth-order valence-corrected chi connectivity index (χ4v) is 3.00. The Labute approximate surface area is 160 Å². The highest BCUT2D eigenvalue weighted by atomic mass is 16.6. The molecule has 0 bridgehead atoms. The van der Waals surface area contributed by atoms with Crippen molar-refractivity contribution in [2.75, 3.05) is 13.2 Å². The molecule has 0 aliphatic rings. The fourth-order valence-electron chi connectivity index (χ4n) is 3.00. The maximum Gasteiger partial charge on any atom is 0.344 e. The Kier molecular flexibility index (Phi) is 8.30. The van der Waals surface area contributed by atoms with E-state index in [2.05, 4.69) is 6.07 Å². The topological polar surface area (TPSA) is 76.0 Å². The molecule has 2 N–H and O–H groups in total. The molecule has 0 amide bonds. The second-order valence-corrected chi connectivity index (χ2v) is 6.47. The molecule has 0 heterocycles. The van der Waals surface area contributed by atoms with E-state index in [0.29, 0.717) is 12.4 Å². The highest BCUT2D eigenvalue weighted by Gasteiger charge is 2.07. The monoisotopic (exact) mass is 372 g/mol. The predicted molar refractivity (Wildman–Crippen MR) is 104 cm³/mol. The number of aliphatic hydroxyl groups excluding tert-OH is 2. The van der Waals surface area contributed by atoms with Gasteiger partial charge in [0.1, 0.15) is 5.75 Å². The first-order valence-electron chi connectivity index (χ1n) is 9.27. The summed E-state index contributed by atoms with van der Waals surface area (Å²) in [6, 6.07) is 11.8. The number of hydrogen-bond donors (Lipinski definition) is 2. The Balaban J connectivity index is 1.87. The molecule has 5 heteroatoms. The lowest BCUT2D eigenvalue weighted by molar-refractivity contribution is -0.145. The van der Waals surface area contributed by atoms with Crippen molar-refractivity contribution in [3.05, 3.63) is 64.2 Å². The van der Waals surface area contributed by atoms with Crippen LogP contribution in [0.5, 0.6) is 5.75 Å². The molecule has 146 valence electrons. The largest absolute Gasteiger partial charge is 0.482 e. The summed E-state index contributed by atoms with van der Waals surface area (Å²) in [5.41, 5.74) is 4.92. The molecule has 0 aliphatic heterocycles. The normalized spacial score (nSPS) is 10.7. The van der Waals surface area contributed by atoms with Crippen molar-refractivity contribution in [1.29, 1.82) is 0 Å². The number of benzene rings is 2. The summed E-state index contributed by atoms with van der Waals surface area (Å²) >= 11 is 0. The summed E-state index contributed by atoms with van der Waals surface area (Å²) in [6.45, 7) is 3.89. The SMILES string of the molecule is CCOC(=O)COc1ccc(CCCc2ccc(CO)c(CO)c2)cc1C. The number of rotatable bonds is 10. The standard InChI is InChI=1S/C22H28O5/c1-3-26-22(25)15-27-21-10-8-17(11-16(21)2)5-4-6-18-7-9-19(13-23)20(12-18)14-24/h7-12,23-24H,3-6,13-15H2,1-2H3. The quantitative estimate of drug-likeness (QED) is 0.627. The second kappa shape index (κ2) is 10.7. The van der Waals surface area contributed by atoms with Gasteiger partial charge in [0, 0.05) is 0 Å². The summed E-state index contributed by atoms with van der Waals surface area (Å²) in [5, 5.41) is 18.7. The minimum atomic E-state index is -0.365. The van der Waals surface area contributed by atoms with Gasteiger partial charge in [-0.2, -0.15) is 0 Å². The molecule has 0 saturated carbocycles. The number of aliphatic hydroxyl groups is 2. The molecule has 0 atom stereocenters. The van der Waals surface area contributed by atoms with E-state index in [9.17, 15) is 15.0 Å². The first-order valence-corrected chi connectivity index (χ1v) is 9.27. The van der Waals surface area contributed by atoms with Gasteiger partial charge < -0.3 is 19.7 Å². The molecule has 27 heavy (non-hydrogen) atoms. The van der Waals surface area contributed by atoms with Crippen LogP contribution in [0.2, 0.25) is 0 Å². The number of carbonyl (C=O) groups excluding carboxylic acids is 1. The zero-order valence-electron chi connectivity index (χ0n) is 16.0. The molecule has 0 spiro atoms. The van der Waals surface area contributed by atoms with Gasteiger partial charge in [0.05, 0.1) is 19.8 Å². The van der Waals surface area contributed by atoms with E-state index in [4.69, 9.17) is 9.47 Å². The van der Waals surface area contributed by atoms with Crippen LogP contribution in [0.4, 0.5) is 0 Å². The number of carbonyl (C=O) groups is 1. The average Bonchev–Trinajstić information content (AvgIpc) is 2.67. The number of esters is 1. The lowest BCUT2D eigenvalue weighted by atomic mass is 9.99. The molecule has 5 nitrogen and oxygen atoms in total. The van der Waals surface area contributed by atoms with Crippen molar-refractivity contribution < 1.29 is 24.5 Å². The lowest BCUT2D eigenvalue weighted by Crippen LogP contribution is -2.15. The number of ether oxygens (including phenoxy) is 2. The summed E-state index contributed by atoms with van der Waals surface area (Å²) in [4.78, 5) is 11.4. The first-order chi connectivity index (χ1) is 13.1. The third-order valence-corrected chi connectivity index (χ3v) is 4.43. The maximum atomic E-state index is 11.4. The van der Waals surface area contributed by atoms with Crippen molar-refractivity contribution in [1.82, 2.24) is 0 Å². The van der Waals surface area contributed by atoms with Crippen LogP contribution in [0.3, 0.4) is 0 Å². The average molecular weight is 372 g/mol. The van der Waals surface area contributed by atoms with E-state index in [1.807, 2.05) is 37.3 Å². The zero-order chi connectivity index (χ0) is 19.6. The second-order valence-electron chi connectivity index (χ2n) is 6.47. The van der Waals surface area contributed by atoms with Gasteiger partial charge in [-0.1, -0.05) is 30.3 Å². The van der Waals surface area contributed by atoms with Gasteiger partial charge >= 0.3 is 5.97 Å². The van der Waals surface area contributed by atoms with E-state index >= 15 is 0 Å². The minimum Gasteiger partial charge on any atom is -0.482 e. The first kappa shape index (κ1) is 20.9. The maximum absolute atomic E-state index is 11.4. The molecule has 0 aromatic heterocycles. The lowest BCUT2D eigenvalue weighted by Gasteiger charge is -2.11. The smallest absolute Gasteiger partial charge is 0.344 e. The molecule has 2 aromatic carbocycles. The van der Waals surface area contributed by atoms with Crippen molar-refractivity contribution in [2.45, 2.75) is 46.3 Å². The van der Waals surface area contributed by atoms with Crippen LogP contribution >= 0.6 is 0 Å². The van der Waals surface area contributed by atoms with E-state index in [-0.39, 0.29) is 25.8 Å². The van der Waals surface area contributed by atoms with Gasteiger partial charge in [-0.25, -0.2) is 4.79 Å². The Morgan fingerprint density at radius 1 is 0.963 bits per heavy atom. The zero-order valence-corrected chi connectivity index (χ0v) is 16.0. The van der Waals surface area contributed by atoms with Crippen molar-refractivity contribution in [3.8, 4) is 5.75 Å². The number of aryl methyl sites for hydroxylation is 3. The van der Waals surface area contributed by atoms with Gasteiger partial charge in [-0.05, 0) is 67.0 Å². The van der Waals surface area contributed by atoms with Crippen LogP contribution in [0.1, 0.15) is 41.2 Å². The molecule has 0 saturated heterocycles. The van der Waals surface area contributed by atoms with E-state index in [1.165, 1.54) is 5.56 Å². The van der Waals surface area contributed by atoms with Gasteiger partial charge in [0.15, 0.2) is 6.61 Å². The highest BCUT2D eigenvalue weighted by molar-refractivity contribution is 5.71. The minimum absolute atomic E-state index is 0.0555. The van der Waals surface area contributed by atoms with Gasteiger partial charge in [0.2, 0.25) is 0 Å². The van der Waals surface area contributed by atoms with Crippen LogP contribution in [-0.4, -0.2) is 29.4 Å². The summed E-state index contributed by atoms with van der Waals surface area (Å²) in [7, 11) is 0. The third kappa shape index (κ3) is 6.38. The Morgan fingerprint density at radius 2 is 1.63 bits per heavy atom. The van der Waals surface area contributed by atoms with Crippen LogP contribution in [0, 0.1) is 6.92 Å². The van der Waals surface area contributed by atoms with Crippen LogP contribution < -0.4 is 4.74 Å². The Bertz CT molecular complexity index is 754. The highest BCUT2D eigenvalue weighted by Crippen LogP contribution is 2.21. The molecule has 0 aliphatic carbocycles. The molecule has 0 radical (unpaired) electrons. The van der Waals surface area contributed by atoms with Crippen LogP contribution in [-0.2, 0) is 35.6 Å². The molecule has 0 fully saturated rings. The van der Waals surface area contributed by atoms with E-state index < -0.39 is 0 Å². The summed E-state index contributed by atoms with van der Waals surface area (Å²) in [6.07, 6.45) is 2.81. The van der Waals surface area contributed by atoms with Gasteiger partial charge in [-0.3, -0.25) is 0 Å². The van der Waals surface area contributed by atoms with E-state index in [1.54, 1.807) is 6.92 Å². The van der Waals surface area contributed by atoms with Crippen LogP contribution in [0.15, 0.2) is 36.4 Å². The fraction of sp³-hybridized carbons (Fsp3) is 0.409. The molecule has 2 rings (SSSR count). The Morgan fingerprint density at radius 3 is 2.26 bits per heavy atom. The molecule has 2 aromatic rings. The summed E-state index contributed by atoms with van der Waals surface area (Å²) < 4.78 is 10.4. The van der Waals surface area contributed by atoms with Crippen molar-refractivity contribution in [2.24, 2.45) is 0 Å². The van der Waals surface area contributed by atoms with Crippen LogP contribution in [0.25, 0.3) is 0 Å². The molecular weight excluding hydrogens is 344 g/mol. The predicted octanol–water partition coefficient (Wildman–Crippen LogP) is 3.10. The van der Waals surface area contributed by atoms with Crippen molar-refractivity contribution in [3.63, 3.8) is 0 Å². The Hall–Kier alpha value is -2.37. The van der Waals surface area contributed by atoms with Gasteiger partial charge in [0.25, 0.3) is 0 Å².